The highest BCUT2D eigenvalue weighted by atomic mass is 32.1. The molecule has 0 N–H and O–H groups in total. The molecule has 3 aliphatic rings. The van der Waals surface area contributed by atoms with Crippen LogP contribution in [0.15, 0.2) is 0 Å². The lowest BCUT2D eigenvalue weighted by Gasteiger charge is -2.38. The number of aryl methyl sites for hydroxylation is 1. The van der Waals surface area contributed by atoms with E-state index in [1.165, 1.54) is 63.1 Å². The van der Waals surface area contributed by atoms with Gasteiger partial charge in [0, 0.05) is 25.7 Å². The molecule has 3 fully saturated rings. The second-order valence-corrected chi connectivity index (χ2v) is 9.20. The van der Waals surface area contributed by atoms with E-state index in [-0.39, 0.29) is 12.0 Å². The minimum atomic E-state index is 0.0937. The fourth-order valence-corrected chi connectivity index (χ4v) is 5.55. The summed E-state index contributed by atoms with van der Waals surface area (Å²) in [5.74, 6) is 0.686. The first kappa shape index (κ1) is 19.3. The van der Waals surface area contributed by atoms with Crippen molar-refractivity contribution in [3.05, 3.63) is 10.6 Å². The second-order valence-electron chi connectivity index (χ2n) is 8.45. The van der Waals surface area contributed by atoms with Crippen molar-refractivity contribution in [1.29, 1.82) is 0 Å². The van der Waals surface area contributed by atoms with Gasteiger partial charge in [0.2, 0.25) is 0 Å². The molecule has 1 atom stereocenters. The molecule has 1 saturated carbocycles. The van der Waals surface area contributed by atoms with Crippen LogP contribution in [-0.2, 0) is 4.74 Å². The molecular weight excluding hydrogens is 360 g/mol. The SMILES string of the molecule is Cc1nnsc1C(=O)N(CC1CCN(C2CCCC2)CC1)CC1CCCO1. The Labute approximate surface area is 166 Å². The van der Waals surface area contributed by atoms with Crippen LogP contribution < -0.4 is 0 Å². The molecule has 7 heteroatoms. The van der Waals surface area contributed by atoms with Gasteiger partial charge >= 0.3 is 0 Å². The largest absolute Gasteiger partial charge is 0.376 e. The fourth-order valence-electron chi connectivity index (χ4n) is 4.93. The first-order chi connectivity index (χ1) is 13.2. The Hall–Kier alpha value is -1.05. The van der Waals surface area contributed by atoms with Crippen LogP contribution in [0.3, 0.4) is 0 Å². The van der Waals surface area contributed by atoms with Crippen molar-refractivity contribution < 1.29 is 9.53 Å². The van der Waals surface area contributed by atoms with Gasteiger partial charge in [0.1, 0.15) is 4.88 Å². The van der Waals surface area contributed by atoms with Gasteiger partial charge in [-0.3, -0.25) is 4.79 Å². The minimum Gasteiger partial charge on any atom is -0.376 e. The van der Waals surface area contributed by atoms with E-state index in [2.05, 4.69) is 14.5 Å². The highest BCUT2D eigenvalue weighted by molar-refractivity contribution is 7.07. The van der Waals surface area contributed by atoms with E-state index < -0.39 is 0 Å². The normalized spacial score (nSPS) is 25.3. The number of hydrogen-bond acceptors (Lipinski definition) is 6. The molecule has 1 aliphatic carbocycles. The molecule has 27 heavy (non-hydrogen) atoms. The van der Waals surface area contributed by atoms with Crippen LogP contribution in [0, 0.1) is 12.8 Å². The molecule has 0 radical (unpaired) electrons. The molecule has 3 heterocycles. The van der Waals surface area contributed by atoms with E-state index in [1.807, 2.05) is 11.8 Å². The fraction of sp³-hybridized carbons (Fsp3) is 0.850. The van der Waals surface area contributed by atoms with E-state index in [1.54, 1.807) is 0 Å². The van der Waals surface area contributed by atoms with E-state index in [4.69, 9.17) is 4.74 Å². The van der Waals surface area contributed by atoms with Gasteiger partial charge in [0.25, 0.3) is 5.91 Å². The summed E-state index contributed by atoms with van der Waals surface area (Å²) in [5, 5.41) is 4.04. The van der Waals surface area contributed by atoms with Gasteiger partial charge in [-0.15, -0.1) is 5.10 Å². The zero-order valence-corrected chi connectivity index (χ0v) is 17.3. The maximum absolute atomic E-state index is 13.2. The Morgan fingerprint density at radius 2 is 1.93 bits per heavy atom. The summed E-state index contributed by atoms with van der Waals surface area (Å²) in [6.07, 6.45) is 10.3. The molecule has 2 saturated heterocycles. The lowest BCUT2D eigenvalue weighted by Crippen LogP contribution is -2.45. The zero-order chi connectivity index (χ0) is 18.6. The van der Waals surface area contributed by atoms with Crippen LogP contribution in [0.2, 0.25) is 0 Å². The summed E-state index contributed by atoms with van der Waals surface area (Å²) in [6, 6.07) is 0.821. The summed E-state index contributed by atoms with van der Waals surface area (Å²) in [6.45, 7) is 6.64. The van der Waals surface area contributed by atoms with E-state index in [0.29, 0.717) is 17.3 Å². The molecule has 2 aliphatic heterocycles. The second kappa shape index (κ2) is 8.97. The van der Waals surface area contributed by atoms with Gasteiger partial charge in [-0.1, -0.05) is 17.3 Å². The van der Waals surface area contributed by atoms with Crippen LogP contribution in [-0.4, -0.2) is 70.2 Å². The van der Waals surface area contributed by atoms with Crippen LogP contribution in [0.1, 0.15) is 66.7 Å². The number of likely N-dealkylation sites (tertiary alicyclic amines) is 1. The van der Waals surface area contributed by atoms with Crippen molar-refractivity contribution in [2.45, 2.75) is 70.4 Å². The number of ether oxygens (including phenoxy) is 1. The molecule has 1 aromatic heterocycles. The quantitative estimate of drug-likeness (QED) is 0.744. The van der Waals surface area contributed by atoms with Crippen LogP contribution in [0.25, 0.3) is 0 Å². The van der Waals surface area contributed by atoms with Gasteiger partial charge in [0.15, 0.2) is 0 Å². The predicted octanol–water partition coefficient (Wildman–Crippen LogP) is 3.12. The standard InChI is InChI=1S/C20H32N4O2S/c1-15-19(27-22-21-15)20(25)24(14-18-7-4-12-26-18)13-16-8-10-23(11-9-16)17-5-2-3-6-17/h16-18H,2-14H2,1H3. The Morgan fingerprint density at radius 1 is 1.15 bits per heavy atom. The van der Waals surface area contributed by atoms with Gasteiger partial charge in [-0.05, 0) is 76.0 Å². The maximum atomic E-state index is 13.2. The van der Waals surface area contributed by atoms with Gasteiger partial charge in [-0.25, -0.2) is 0 Å². The number of aromatic nitrogens is 2. The molecule has 1 unspecified atom stereocenters. The van der Waals surface area contributed by atoms with Crippen molar-refractivity contribution in [2.24, 2.45) is 5.92 Å². The lowest BCUT2D eigenvalue weighted by molar-refractivity contribution is 0.0432. The predicted molar refractivity (Wildman–Crippen MR) is 106 cm³/mol. The van der Waals surface area contributed by atoms with Crippen LogP contribution >= 0.6 is 11.5 Å². The van der Waals surface area contributed by atoms with Crippen LogP contribution in [0.4, 0.5) is 0 Å². The number of carbonyl (C=O) groups is 1. The smallest absolute Gasteiger partial charge is 0.267 e. The molecule has 1 aromatic rings. The third-order valence-corrected chi connectivity index (χ3v) is 7.37. The molecule has 150 valence electrons. The monoisotopic (exact) mass is 392 g/mol. The molecule has 0 aromatic carbocycles. The van der Waals surface area contributed by atoms with Crippen molar-refractivity contribution in [2.75, 3.05) is 32.8 Å². The number of carbonyl (C=O) groups excluding carboxylic acids is 1. The highest BCUT2D eigenvalue weighted by Gasteiger charge is 2.31. The first-order valence-corrected chi connectivity index (χ1v) is 11.4. The summed E-state index contributed by atoms with van der Waals surface area (Å²) in [7, 11) is 0. The third kappa shape index (κ3) is 4.69. The molecule has 6 nitrogen and oxygen atoms in total. The summed E-state index contributed by atoms with van der Waals surface area (Å²) >= 11 is 1.22. The average molecular weight is 393 g/mol. The Morgan fingerprint density at radius 3 is 2.56 bits per heavy atom. The third-order valence-electron chi connectivity index (χ3n) is 6.55. The number of rotatable bonds is 6. The van der Waals surface area contributed by atoms with Gasteiger partial charge in [0.05, 0.1) is 11.8 Å². The molecule has 0 spiro atoms. The van der Waals surface area contributed by atoms with Crippen LogP contribution in [0.5, 0.6) is 0 Å². The average Bonchev–Trinajstić information content (AvgIpc) is 3.44. The van der Waals surface area contributed by atoms with E-state index >= 15 is 0 Å². The van der Waals surface area contributed by atoms with E-state index in [9.17, 15) is 4.79 Å². The number of hydrogen-bond donors (Lipinski definition) is 0. The highest BCUT2D eigenvalue weighted by Crippen LogP contribution is 2.29. The number of nitrogens with zero attached hydrogens (tertiary/aromatic N) is 4. The van der Waals surface area contributed by atoms with Crippen molar-refractivity contribution in [1.82, 2.24) is 19.4 Å². The molecule has 0 bridgehead atoms. The first-order valence-electron chi connectivity index (χ1n) is 10.6. The Balaban J connectivity index is 1.37. The van der Waals surface area contributed by atoms with Gasteiger partial charge in [-0.2, -0.15) is 0 Å². The summed E-state index contributed by atoms with van der Waals surface area (Å²) < 4.78 is 9.79. The topological polar surface area (TPSA) is 58.6 Å². The number of piperidine rings is 1. The van der Waals surface area contributed by atoms with Gasteiger partial charge < -0.3 is 14.5 Å². The molecule has 1 amide bonds. The Bertz CT molecular complexity index is 617. The molecular formula is C20H32N4O2S. The Kier molecular flexibility index (Phi) is 6.40. The van der Waals surface area contributed by atoms with E-state index in [0.717, 1.165) is 37.7 Å². The van der Waals surface area contributed by atoms with Crippen molar-refractivity contribution in [3.63, 3.8) is 0 Å². The zero-order valence-electron chi connectivity index (χ0n) is 16.4. The summed E-state index contributed by atoms with van der Waals surface area (Å²) in [5.41, 5.74) is 0.749. The van der Waals surface area contributed by atoms with Crippen molar-refractivity contribution >= 4 is 17.4 Å². The minimum absolute atomic E-state index is 0.0937. The molecule has 4 rings (SSSR count). The summed E-state index contributed by atoms with van der Waals surface area (Å²) in [4.78, 5) is 18.6. The lowest BCUT2D eigenvalue weighted by atomic mass is 9.94. The van der Waals surface area contributed by atoms with Crippen molar-refractivity contribution in [3.8, 4) is 0 Å². The maximum Gasteiger partial charge on any atom is 0.267 e. The number of amides is 1.